The van der Waals surface area contributed by atoms with E-state index in [1.807, 2.05) is 19.1 Å². The van der Waals surface area contributed by atoms with Gasteiger partial charge in [-0.1, -0.05) is 29.3 Å². The first-order chi connectivity index (χ1) is 8.11. The van der Waals surface area contributed by atoms with Crippen LogP contribution in [0.5, 0.6) is 0 Å². The first-order valence-corrected chi connectivity index (χ1v) is 6.51. The predicted octanol–water partition coefficient (Wildman–Crippen LogP) is 3.31. The van der Waals surface area contributed by atoms with E-state index >= 15 is 0 Å². The Morgan fingerprint density at radius 2 is 2.12 bits per heavy atom. The lowest BCUT2D eigenvalue weighted by Gasteiger charge is -2.15. The highest BCUT2D eigenvalue weighted by Gasteiger charge is 2.18. The molecule has 1 atom stereocenters. The number of thiophene rings is 1. The van der Waals surface area contributed by atoms with Gasteiger partial charge in [-0.25, -0.2) is 5.43 Å². The van der Waals surface area contributed by atoms with E-state index < -0.39 is 0 Å². The monoisotopic (exact) mass is 287 g/mol. The quantitative estimate of drug-likeness (QED) is 0.673. The highest BCUT2D eigenvalue weighted by Crippen LogP contribution is 2.37. The third-order valence-electron chi connectivity index (χ3n) is 2.39. The van der Waals surface area contributed by atoms with E-state index in [4.69, 9.17) is 29.0 Å². The molecule has 17 heavy (non-hydrogen) atoms. The van der Waals surface area contributed by atoms with Crippen molar-refractivity contribution in [3.8, 4) is 0 Å². The molecule has 6 heteroatoms. The van der Waals surface area contributed by atoms with Crippen LogP contribution >= 0.6 is 34.5 Å². The van der Waals surface area contributed by atoms with Gasteiger partial charge in [-0.15, -0.1) is 11.3 Å². The van der Waals surface area contributed by atoms with Gasteiger partial charge in [0.05, 0.1) is 14.7 Å². The van der Waals surface area contributed by atoms with Crippen molar-refractivity contribution in [3.63, 3.8) is 0 Å². The molecular weight excluding hydrogens is 277 g/mol. The van der Waals surface area contributed by atoms with E-state index in [-0.39, 0.29) is 6.04 Å². The summed E-state index contributed by atoms with van der Waals surface area (Å²) >= 11 is 13.4. The molecule has 0 aliphatic carbocycles. The topological polar surface area (TPSA) is 50.9 Å². The zero-order valence-electron chi connectivity index (χ0n) is 9.08. The number of hydrogen-bond donors (Lipinski definition) is 2. The molecule has 0 aliphatic rings. The number of nitrogens with zero attached hydrogens (tertiary/aromatic N) is 1. The maximum Gasteiger partial charge on any atom is 0.0995 e. The molecule has 0 aliphatic heterocycles. The number of hydrazine groups is 1. The molecule has 3 nitrogen and oxygen atoms in total. The summed E-state index contributed by atoms with van der Waals surface area (Å²) in [5.74, 6) is 5.59. The second kappa shape index (κ2) is 5.33. The second-order valence-corrected chi connectivity index (χ2v) is 5.96. The number of nitrogens with one attached hydrogen (secondary N) is 1. The van der Waals surface area contributed by atoms with Crippen molar-refractivity contribution >= 4 is 34.5 Å². The van der Waals surface area contributed by atoms with Crippen LogP contribution in [0.25, 0.3) is 0 Å². The van der Waals surface area contributed by atoms with Crippen LogP contribution in [0.2, 0.25) is 8.67 Å². The fourth-order valence-electron chi connectivity index (χ4n) is 1.65. The van der Waals surface area contributed by atoms with Gasteiger partial charge in [-0.2, -0.15) is 0 Å². The molecule has 2 aromatic rings. The van der Waals surface area contributed by atoms with Crippen LogP contribution in [0.1, 0.15) is 22.7 Å². The van der Waals surface area contributed by atoms with Crippen LogP contribution in [0, 0.1) is 6.92 Å². The molecule has 2 rings (SSSR count). The third kappa shape index (κ3) is 2.78. The number of halogens is 2. The minimum Gasteiger partial charge on any atom is -0.271 e. The lowest BCUT2D eigenvalue weighted by Crippen LogP contribution is -2.28. The van der Waals surface area contributed by atoms with Crippen molar-refractivity contribution in [1.29, 1.82) is 0 Å². The van der Waals surface area contributed by atoms with Crippen molar-refractivity contribution in [2.75, 3.05) is 0 Å². The lowest BCUT2D eigenvalue weighted by molar-refractivity contribution is 0.636. The molecule has 0 spiro atoms. The van der Waals surface area contributed by atoms with Crippen LogP contribution in [-0.4, -0.2) is 4.98 Å². The fraction of sp³-hybridized carbons (Fsp3) is 0.182. The van der Waals surface area contributed by atoms with Crippen LogP contribution in [0.15, 0.2) is 24.5 Å². The maximum atomic E-state index is 6.13. The Labute approximate surface area is 114 Å². The molecular formula is C11H11Cl2N3S. The molecule has 0 bridgehead atoms. The summed E-state index contributed by atoms with van der Waals surface area (Å²) in [7, 11) is 0. The molecule has 90 valence electrons. The largest absolute Gasteiger partial charge is 0.271 e. The van der Waals surface area contributed by atoms with Crippen LogP contribution < -0.4 is 11.3 Å². The van der Waals surface area contributed by atoms with E-state index in [0.717, 1.165) is 16.7 Å². The fourth-order valence-corrected chi connectivity index (χ4v) is 3.18. The molecule has 0 saturated heterocycles. The highest BCUT2D eigenvalue weighted by atomic mass is 35.5. The molecule has 0 amide bonds. The minimum atomic E-state index is -0.196. The van der Waals surface area contributed by atoms with Crippen molar-refractivity contribution in [3.05, 3.63) is 49.9 Å². The van der Waals surface area contributed by atoms with Gasteiger partial charge in [0.1, 0.15) is 0 Å². The molecule has 3 N–H and O–H groups in total. The van der Waals surface area contributed by atoms with E-state index in [2.05, 4.69) is 10.4 Å². The lowest BCUT2D eigenvalue weighted by atomic mass is 10.0. The molecule has 0 fully saturated rings. The normalized spacial score (nSPS) is 12.7. The van der Waals surface area contributed by atoms with Crippen molar-refractivity contribution in [1.82, 2.24) is 10.4 Å². The first kappa shape index (κ1) is 12.8. The Morgan fingerprint density at radius 3 is 2.65 bits per heavy atom. The number of nitrogens with two attached hydrogens (primary N) is 1. The molecule has 1 unspecified atom stereocenters. The van der Waals surface area contributed by atoms with Gasteiger partial charge in [0.25, 0.3) is 0 Å². The van der Waals surface area contributed by atoms with Gasteiger partial charge >= 0.3 is 0 Å². The number of aromatic nitrogens is 1. The third-order valence-corrected chi connectivity index (χ3v) is 3.91. The second-order valence-electron chi connectivity index (χ2n) is 3.67. The summed E-state index contributed by atoms with van der Waals surface area (Å²) in [5.41, 5.74) is 5.64. The highest BCUT2D eigenvalue weighted by molar-refractivity contribution is 7.20. The summed E-state index contributed by atoms with van der Waals surface area (Å²) in [6.45, 7) is 1.98. The van der Waals surface area contributed by atoms with Crippen LogP contribution in [-0.2, 0) is 0 Å². The predicted molar refractivity (Wildman–Crippen MR) is 72.5 cm³/mol. The smallest absolute Gasteiger partial charge is 0.0995 e. The van der Waals surface area contributed by atoms with E-state index in [1.54, 1.807) is 12.4 Å². The van der Waals surface area contributed by atoms with E-state index in [0.29, 0.717) is 8.67 Å². The zero-order chi connectivity index (χ0) is 12.4. The Kier molecular flexibility index (Phi) is 4.01. The van der Waals surface area contributed by atoms with Crippen molar-refractivity contribution in [2.45, 2.75) is 13.0 Å². The van der Waals surface area contributed by atoms with Crippen molar-refractivity contribution < 1.29 is 0 Å². The number of rotatable bonds is 3. The Bertz CT molecular complexity index is 527. The Hall–Kier alpha value is -0.650. The van der Waals surface area contributed by atoms with Crippen LogP contribution in [0.3, 0.4) is 0 Å². The Morgan fingerprint density at radius 1 is 1.35 bits per heavy atom. The summed E-state index contributed by atoms with van der Waals surface area (Å²) in [5, 5.41) is 0. The molecule has 2 heterocycles. The summed E-state index contributed by atoms with van der Waals surface area (Å²) in [4.78, 5) is 4.15. The summed E-state index contributed by atoms with van der Waals surface area (Å²) in [6, 6.07) is 3.64. The summed E-state index contributed by atoms with van der Waals surface area (Å²) in [6.07, 6.45) is 3.55. The number of hydrogen-bond acceptors (Lipinski definition) is 4. The van der Waals surface area contributed by atoms with Gasteiger partial charge in [-0.3, -0.25) is 10.8 Å². The zero-order valence-corrected chi connectivity index (χ0v) is 11.4. The Balaban J connectivity index is 2.43. The first-order valence-electron chi connectivity index (χ1n) is 4.94. The number of pyridine rings is 1. The van der Waals surface area contributed by atoms with Gasteiger partial charge in [0.2, 0.25) is 0 Å². The maximum absolute atomic E-state index is 6.13. The van der Waals surface area contributed by atoms with Gasteiger partial charge < -0.3 is 0 Å². The van der Waals surface area contributed by atoms with Crippen molar-refractivity contribution in [2.24, 2.45) is 5.84 Å². The van der Waals surface area contributed by atoms with Gasteiger partial charge in [0.15, 0.2) is 0 Å². The molecule has 0 radical (unpaired) electrons. The summed E-state index contributed by atoms with van der Waals surface area (Å²) < 4.78 is 1.28. The van der Waals surface area contributed by atoms with Gasteiger partial charge in [-0.05, 0) is 24.1 Å². The standard InChI is InChI=1S/C11H11Cl2N3S/c1-6-2-7(5-15-4-6)10(16-14)8-3-9(12)17-11(8)13/h2-5,10,16H,14H2,1H3. The van der Waals surface area contributed by atoms with E-state index in [9.17, 15) is 0 Å². The minimum absolute atomic E-state index is 0.196. The average Bonchev–Trinajstić information content (AvgIpc) is 2.59. The molecule has 0 aromatic carbocycles. The SMILES string of the molecule is Cc1cncc(C(NN)c2cc(Cl)sc2Cl)c1. The number of aryl methyl sites for hydroxylation is 1. The molecule has 0 saturated carbocycles. The average molecular weight is 288 g/mol. The van der Waals surface area contributed by atoms with Crippen LogP contribution in [0.4, 0.5) is 0 Å². The van der Waals surface area contributed by atoms with E-state index in [1.165, 1.54) is 11.3 Å². The van der Waals surface area contributed by atoms with Gasteiger partial charge in [0, 0.05) is 18.0 Å². The molecule has 2 aromatic heterocycles.